The van der Waals surface area contributed by atoms with Crippen LogP contribution in [-0.4, -0.2) is 35.6 Å². The van der Waals surface area contributed by atoms with Crippen LogP contribution < -0.4 is 10.0 Å². The normalized spacial score (nSPS) is 15.1. The number of carbonyl (C=O) groups excluding carboxylic acids is 1. The van der Waals surface area contributed by atoms with E-state index in [1.54, 1.807) is 18.2 Å². The molecule has 0 fully saturated rings. The lowest BCUT2D eigenvalue weighted by Crippen LogP contribution is -2.28. The van der Waals surface area contributed by atoms with Gasteiger partial charge in [0.15, 0.2) is 0 Å². The second-order valence-corrected chi connectivity index (χ2v) is 7.92. The lowest BCUT2D eigenvalue weighted by molar-refractivity contribution is 0.0941. The van der Waals surface area contributed by atoms with Gasteiger partial charge >= 0.3 is 0 Å². The lowest BCUT2D eigenvalue weighted by atomic mass is 10.0. The summed E-state index contributed by atoms with van der Waals surface area (Å²) in [7, 11) is -3.73. The third kappa shape index (κ3) is 3.17. The molecule has 1 atom stereocenters. The molecular formula is C18H17N5O3S. The van der Waals surface area contributed by atoms with Gasteiger partial charge in [-0.05, 0) is 23.6 Å². The summed E-state index contributed by atoms with van der Waals surface area (Å²) < 4.78 is 28.3. The Morgan fingerprint density at radius 1 is 1.15 bits per heavy atom. The quantitative estimate of drug-likeness (QED) is 0.716. The second-order valence-electron chi connectivity index (χ2n) is 6.27. The molecule has 9 heteroatoms. The van der Waals surface area contributed by atoms with Crippen LogP contribution in [0.1, 0.15) is 29.0 Å². The highest BCUT2D eigenvalue weighted by atomic mass is 32.2. The summed E-state index contributed by atoms with van der Waals surface area (Å²) in [6, 6.07) is 16.2. The van der Waals surface area contributed by atoms with E-state index >= 15 is 0 Å². The molecule has 27 heavy (non-hydrogen) atoms. The minimum absolute atomic E-state index is 0.00467. The van der Waals surface area contributed by atoms with Gasteiger partial charge in [-0.1, -0.05) is 49.4 Å². The molecule has 0 aliphatic carbocycles. The maximum Gasteiger partial charge on any atom is 0.291 e. The Kier molecular flexibility index (Phi) is 4.15. The number of amides is 1. The van der Waals surface area contributed by atoms with E-state index in [2.05, 4.69) is 20.1 Å². The molecule has 1 aromatic heterocycles. The monoisotopic (exact) mass is 383 g/mol. The van der Waals surface area contributed by atoms with Crippen molar-refractivity contribution in [3.05, 3.63) is 66.0 Å². The number of rotatable bonds is 4. The molecule has 0 spiro atoms. The van der Waals surface area contributed by atoms with Crippen LogP contribution in [0.25, 0.3) is 5.69 Å². The molecule has 0 saturated carbocycles. The van der Waals surface area contributed by atoms with Crippen molar-refractivity contribution in [1.29, 1.82) is 0 Å². The first-order valence-corrected chi connectivity index (χ1v) is 9.86. The number of nitrogens with zero attached hydrogens (tertiary/aromatic N) is 3. The van der Waals surface area contributed by atoms with Crippen molar-refractivity contribution in [2.24, 2.45) is 0 Å². The molecule has 0 radical (unpaired) electrons. The summed E-state index contributed by atoms with van der Waals surface area (Å²) in [6.45, 7) is 2.42. The largest absolute Gasteiger partial charge is 0.349 e. The number of fused-ring (bicyclic) bond motifs is 3. The van der Waals surface area contributed by atoms with Gasteiger partial charge in [-0.25, -0.2) is 13.1 Å². The number of aromatic nitrogens is 3. The minimum atomic E-state index is -3.73. The third-order valence-corrected chi connectivity index (χ3v) is 5.73. The Morgan fingerprint density at radius 2 is 1.85 bits per heavy atom. The van der Waals surface area contributed by atoms with Crippen molar-refractivity contribution in [2.45, 2.75) is 17.7 Å². The molecule has 3 aromatic rings. The fraction of sp³-hybridized carbons (Fsp3) is 0.167. The number of hydrogen-bond acceptors (Lipinski definition) is 5. The van der Waals surface area contributed by atoms with Crippen molar-refractivity contribution >= 4 is 21.9 Å². The summed E-state index contributed by atoms with van der Waals surface area (Å²) in [5, 5.41) is 6.97. The van der Waals surface area contributed by atoms with Gasteiger partial charge in [-0.2, -0.15) is 9.67 Å². The predicted molar refractivity (Wildman–Crippen MR) is 99.4 cm³/mol. The van der Waals surface area contributed by atoms with Crippen LogP contribution in [0.2, 0.25) is 0 Å². The number of nitrogens with one attached hydrogen (secondary N) is 2. The van der Waals surface area contributed by atoms with Crippen LogP contribution in [0.15, 0.2) is 59.5 Å². The highest BCUT2D eigenvalue weighted by molar-refractivity contribution is 7.92. The first kappa shape index (κ1) is 17.2. The smallest absolute Gasteiger partial charge is 0.291 e. The van der Waals surface area contributed by atoms with Crippen molar-refractivity contribution in [2.75, 3.05) is 11.3 Å². The lowest BCUT2D eigenvalue weighted by Gasteiger charge is -2.17. The maximum atomic E-state index is 12.4. The zero-order valence-corrected chi connectivity index (χ0v) is 15.3. The van der Waals surface area contributed by atoms with Crippen molar-refractivity contribution in [3.63, 3.8) is 0 Å². The summed E-state index contributed by atoms with van der Waals surface area (Å²) >= 11 is 0. The van der Waals surface area contributed by atoms with E-state index in [-0.39, 0.29) is 22.6 Å². The second kappa shape index (κ2) is 6.51. The molecule has 138 valence electrons. The zero-order chi connectivity index (χ0) is 19.0. The summed E-state index contributed by atoms with van der Waals surface area (Å²) in [6.07, 6.45) is 0. The van der Waals surface area contributed by atoms with E-state index < -0.39 is 15.9 Å². The molecule has 0 saturated heterocycles. The van der Waals surface area contributed by atoms with Gasteiger partial charge in [0.05, 0.1) is 5.69 Å². The average Bonchev–Trinajstić information content (AvgIpc) is 3.10. The number of sulfonamides is 1. The summed E-state index contributed by atoms with van der Waals surface area (Å²) in [5.74, 6) is -0.442. The Balaban J connectivity index is 1.56. The van der Waals surface area contributed by atoms with Gasteiger partial charge < -0.3 is 5.32 Å². The van der Waals surface area contributed by atoms with Gasteiger partial charge in [-0.3, -0.25) is 4.79 Å². The number of carbonyl (C=O) groups is 1. The molecule has 0 bridgehead atoms. The molecule has 4 rings (SSSR count). The standard InChI is InChI=1S/C18H17N5O3S/c1-12(13-7-3-2-4-8-13)11-19-17(24)16-20-18-22-27(25,26)15-10-6-5-9-14(15)23(18)21-16/h2-10,12H,11H2,1H3,(H,19,24)(H,20,21,22)/t12-/m0/s1. The average molecular weight is 383 g/mol. The van der Waals surface area contributed by atoms with Crippen molar-refractivity contribution in [1.82, 2.24) is 20.1 Å². The van der Waals surface area contributed by atoms with Crippen LogP contribution in [0, 0.1) is 0 Å². The predicted octanol–water partition coefficient (Wildman–Crippen LogP) is 1.92. The van der Waals surface area contributed by atoms with E-state index in [9.17, 15) is 13.2 Å². The number of hydrogen-bond donors (Lipinski definition) is 2. The first-order chi connectivity index (χ1) is 13.0. The first-order valence-electron chi connectivity index (χ1n) is 8.38. The Labute approximate surface area is 156 Å². The van der Waals surface area contributed by atoms with Crippen molar-refractivity contribution < 1.29 is 13.2 Å². The van der Waals surface area contributed by atoms with E-state index in [1.165, 1.54) is 10.7 Å². The molecule has 1 aliphatic heterocycles. The van der Waals surface area contributed by atoms with Gasteiger partial charge in [-0.15, -0.1) is 5.10 Å². The molecule has 2 N–H and O–H groups in total. The Morgan fingerprint density at radius 3 is 2.63 bits per heavy atom. The number of anilines is 1. The summed E-state index contributed by atoms with van der Waals surface area (Å²) in [5.41, 5.74) is 1.46. The van der Waals surface area contributed by atoms with Crippen LogP contribution in [-0.2, 0) is 10.0 Å². The van der Waals surface area contributed by atoms with E-state index in [0.717, 1.165) is 5.56 Å². The van der Waals surface area contributed by atoms with Gasteiger partial charge in [0, 0.05) is 6.54 Å². The van der Waals surface area contributed by atoms with Gasteiger partial charge in [0.1, 0.15) is 4.90 Å². The molecule has 2 aromatic carbocycles. The third-order valence-electron chi connectivity index (χ3n) is 4.36. The van der Waals surface area contributed by atoms with Crippen LogP contribution in [0.3, 0.4) is 0 Å². The minimum Gasteiger partial charge on any atom is -0.349 e. The highest BCUT2D eigenvalue weighted by Crippen LogP contribution is 2.29. The van der Waals surface area contributed by atoms with Crippen molar-refractivity contribution in [3.8, 4) is 5.69 Å². The molecule has 0 unspecified atom stereocenters. The topological polar surface area (TPSA) is 106 Å². The Bertz CT molecular complexity index is 1110. The summed E-state index contributed by atoms with van der Waals surface area (Å²) in [4.78, 5) is 16.6. The molecule has 8 nitrogen and oxygen atoms in total. The SMILES string of the molecule is C[C@@H](CNC(=O)c1nc2n(n1)-c1ccccc1S(=O)(=O)N2)c1ccccc1. The highest BCUT2D eigenvalue weighted by Gasteiger charge is 2.30. The van der Waals surface area contributed by atoms with Gasteiger partial charge in [0.2, 0.25) is 11.8 Å². The molecule has 1 amide bonds. The van der Waals surface area contributed by atoms with Crippen LogP contribution in [0.4, 0.5) is 5.95 Å². The Hall–Kier alpha value is -3.20. The van der Waals surface area contributed by atoms with E-state index in [4.69, 9.17) is 0 Å². The zero-order valence-electron chi connectivity index (χ0n) is 14.5. The van der Waals surface area contributed by atoms with E-state index in [1.807, 2.05) is 37.3 Å². The molecule has 2 heterocycles. The maximum absolute atomic E-state index is 12.4. The van der Waals surface area contributed by atoms with Crippen LogP contribution >= 0.6 is 0 Å². The van der Waals surface area contributed by atoms with Crippen LogP contribution in [0.5, 0.6) is 0 Å². The number of benzene rings is 2. The number of para-hydroxylation sites is 1. The molecule has 1 aliphatic rings. The van der Waals surface area contributed by atoms with E-state index in [0.29, 0.717) is 12.2 Å². The van der Waals surface area contributed by atoms with Gasteiger partial charge in [0.25, 0.3) is 15.9 Å². The fourth-order valence-corrected chi connectivity index (χ4v) is 4.07. The molecular weight excluding hydrogens is 366 g/mol. The fourth-order valence-electron chi connectivity index (χ4n) is 2.90.